The van der Waals surface area contributed by atoms with E-state index in [1.54, 1.807) is 0 Å². The van der Waals surface area contributed by atoms with Crippen molar-refractivity contribution in [2.45, 2.75) is 38.5 Å². The molecular formula is C11H18O2. The number of Topliss-reactive ketones (excluding diaryl/α,β-unsaturated/α-hetero) is 1. The molecule has 2 nitrogen and oxygen atoms in total. The highest BCUT2D eigenvalue weighted by Crippen LogP contribution is 2.33. The lowest BCUT2D eigenvalue weighted by atomic mass is 9.76. The van der Waals surface area contributed by atoms with Crippen molar-refractivity contribution >= 4 is 5.78 Å². The van der Waals surface area contributed by atoms with E-state index in [1.165, 1.54) is 19.3 Å². The molecule has 0 amide bonds. The smallest absolute Gasteiger partial charge is 0.133 e. The molecule has 0 radical (unpaired) electrons. The molecule has 0 aromatic heterocycles. The molecule has 0 aromatic carbocycles. The summed E-state index contributed by atoms with van der Waals surface area (Å²) in [5.41, 5.74) is 0. The van der Waals surface area contributed by atoms with Gasteiger partial charge in [-0.15, -0.1) is 0 Å². The van der Waals surface area contributed by atoms with Crippen LogP contribution in [0.25, 0.3) is 0 Å². The van der Waals surface area contributed by atoms with Gasteiger partial charge in [0.15, 0.2) is 0 Å². The Bertz CT molecular complexity index is 183. The second-order valence-corrected chi connectivity index (χ2v) is 4.34. The van der Waals surface area contributed by atoms with E-state index >= 15 is 0 Å². The van der Waals surface area contributed by atoms with Crippen LogP contribution in [0.15, 0.2) is 0 Å². The van der Waals surface area contributed by atoms with Crippen LogP contribution in [0.5, 0.6) is 0 Å². The first-order valence-electron chi connectivity index (χ1n) is 5.45. The zero-order chi connectivity index (χ0) is 9.10. The summed E-state index contributed by atoms with van der Waals surface area (Å²) in [5, 5.41) is 0. The predicted molar refractivity (Wildman–Crippen MR) is 50.5 cm³/mol. The minimum Gasteiger partial charge on any atom is -0.381 e. The summed E-state index contributed by atoms with van der Waals surface area (Å²) in [6, 6.07) is 0. The number of carbonyl (C=O) groups is 1. The first-order chi connectivity index (χ1) is 6.36. The van der Waals surface area contributed by atoms with E-state index in [9.17, 15) is 4.79 Å². The van der Waals surface area contributed by atoms with Crippen LogP contribution in [0.2, 0.25) is 0 Å². The molecule has 0 spiro atoms. The highest BCUT2D eigenvalue weighted by molar-refractivity contribution is 5.79. The molecule has 1 aliphatic heterocycles. The van der Waals surface area contributed by atoms with E-state index < -0.39 is 0 Å². The van der Waals surface area contributed by atoms with Crippen molar-refractivity contribution in [3.05, 3.63) is 0 Å². The van der Waals surface area contributed by atoms with Crippen molar-refractivity contribution in [3.63, 3.8) is 0 Å². The van der Waals surface area contributed by atoms with Gasteiger partial charge in [-0.3, -0.25) is 4.79 Å². The first-order valence-corrected chi connectivity index (χ1v) is 5.45. The Morgan fingerprint density at radius 3 is 2.54 bits per heavy atom. The topological polar surface area (TPSA) is 26.3 Å². The molecule has 1 aliphatic carbocycles. The van der Waals surface area contributed by atoms with Gasteiger partial charge in [0.25, 0.3) is 0 Å². The monoisotopic (exact) mass is 182 g/mol. The fourth-order valence-corrected chi connectivity index (χ4v) is 2.65. The zero-order valence-corrected chi connectivity index (χ0v) is 8.13. The molecule has 2 aliphatic rings. The Labute approximate surface area is 79.7 Å². The molecule has 2 rings (SSSR count). The number of hydrogen-bond donors (Lipinski definition) is 0. The summed E-state index contributed by atoms with van der Waals surface area (Å²) in [6.45, 7) is 1.82. The highest BCUT2D eigenvalue weighted by Gasteiger charge is 2.28. The highest BCUT2D eigenvalue weighted by atomic mass is 16.5. The van der Waals surface area contributed by atoms with Crippen LogP contribution in [-0.2, 0) is 9.53 Å². The van der Waals surface area contributed by atoms with Gasteiger partial charge < -0.3 is 4.74 Å². The number of hydrogen-bond acceptors (Lipinski definition) is 2. The number of rotatable bonds is 1. The average Bonchev–Trinajstić information content (AvgIpc) is 2.19. The quantitative estimate of drug-likeness (QED) is 0.621. The standard InChI is InChI=1S/C11H18O2/c12-11-3-1-2-10(8-11)9-4-6-13-7-5-9/h9-10H,1-8H2. The van der Waals surface area contributed by atoms with Gasteiger partial charge in [0, 0.05) is 26.1 Å². The van der Waals surface area contributed by atoms with E-state index in [4.69, 9.17) is 4.74 Å². The summed E-state index contributed by atoms with van der Waals surface area (Å²) in [5.74, 6) is 1.95. The SMILES string of the molecule is O=C1CCCC(C2CCOCC2)C1. The summed E-state index contributed by atoms with van der Waals surface area (Å²) in [4.78, 5) is 11.3. The van der Waals surface area contributed by atoms with Gasteiger partial charge in [-0.25, -0.2) is 0 Å². The van der Waals surface area contributed by atoms with Crippen molar-refractivity contribution in [2.24, 2.45) is 11.8 Å². The third-order valence-electron chi connectivity index (χ3n) is 3.45. The van der Waals surface area contributed by atoms with Crippen LogP contribution in [0.3, 0.4) is 0 Å². The van der Waals surface area contributed by atoms with Crippen molar-refractivity contribution in [1.82, 2.24) is 0 Å². The molecule has 0 aromatic rings. The van der Waals surface area contributed by atoms with Gasteiger partial charge >= 0.3 is 0 Å². The van der Waals surface area contributed by atoms with Gasteiger partial charge in [-0.05, 0) is 37.5 Å². The third kappa shape index (κ3) is 2.31. The first kappa shape index (κ1) is 9.20. The molecule has 0 N–H and O–H groups in total. The zero-order valence-electron chi connectivity index (χ0n) is 8.13. The van der Waals surface area contributed by atoms with Gasteiger partial charge in [0.2, 0.25) is 0 Å². The maximum Gasteiger partial charge on any atom is 0.133 e. The number of ether oxygens (including phenoxy) is 1. The molecule has 1 saturated carbocycles. The molecule has 1 unspecified atom stereocenters. The van der Waals surface area contributed by atoms with Gasteiger partial charge in [0.05, 0.1) is 0 Å². The Morgan fingerprint density at radius 2 is 1.85 bits per heavy atom. The molecule has 0 bridgehead atoms. The van der Waals surface area contributed by atoms with Crippen molar-refractivity contribution < 1.29 is 9.53 Å². The Kier molecular flexibility index (Phi) is 2.99. The van der Waals surface area contributed by atoms with E-state index in [2.05, 4.69) is 0 Å². The van der Waals surface area contributed by atoms with Gasteiger partial charge in [0.1, 0.15) is 5.78 Å². The Balaban J connectivity index is 1.87. The van der Waals surface area contributed by atoms with Crippen LogP contribution in [0.1, 0.15) is 38.5 Å². The molecular weight excluding hydrogens is 164 g/mol. The Hall–Kier alpha value is -0.370. The summed E-state index contributed by atoms with van der Waals surface area (Å²) in [7, 11) is 0. The molecule has 74 valence electrons. The molecule has 13 heavy (non-hydrogen) atoms. The predicted octanol–water partition coefficient (Wildman–Crippen LogP) is 2.17. The lowest BCUT2D eigenvalue weighted by Gasteiger charge is -2.32. The summed E-state index contributed by atoms with van der Waals surface area (Å²) >= 11 is 0. The minimum absolute atomic E-state index is 0.489. The second-order valence-electron chi connectivity index (χ2n) is 4.34. The summed E-state index contributed by atoms with van der Waals surface area (Å²) < 4.78 is 5.33. The molecule has 2 heteroatoms. The van der Waals surface area contributed by atoms with Gasteiger partial charge in [-0.2, -0.15) is 0 Å². The second kappa shape index (κ2) is 4.23. The average molecular weight is 182 g/mol. The lowest BCUT2D eigenvalue weighted by Crippen LogP contribution is -2.27. The molecule has 2 fully saturated rings. The Morgan fingerprint density at radius 1 is 1.08 bits per heavy atom. The van der Waals surface area contributed by atoms with Crippen LogP contribution in [0, 0.1) is 11.8 Å². The lowest BCUT2D eigenvalue weighted by molar-refractivity contribution is -0.122. The molecule has 1 heterocycles. The van der Waals surface area contributed by atoms with Crippen LogP contribution in [-0.4, -0.2) is 19.0 Å². The van der Waals surface area contributed by atoms with Crippen LogP contribution < -0.4 is 0 Å². The maximum atomic E-state index is 11.3. The fraction of sp³-hybridized carbons (Fsp3) is 0.909. The van der Waals surface area contributed by atoms with E-state index in [1.807, 2.05) is 0 Å². The number of carbonyl (C=O) groups excluding carboxylic acids is 1. The third-order valence-corrected chi connectivity index (χ3v) is 3.45. The fourth-order valence-electron chi connectivity index (χ4n) is 2.65. The number of ketones is 1. The van der Waals surface area contributed by atoms with Crippen molar-refractivity contribution in [2.75, 3.05) is 13.2 Å². The van der Waals surface area contributed by atoms with E-state index in [-0.39, 0.29) is 0 Å². The van der Waals surface area contributed by atoms with Crippen LogP contribution >= 0.6 is 0 Å². The maximum absolute atomic E-state index is 11.3. The molecule has 1 atom stereocenters. The largest absolute Gasteiger partial charge is 0.381 e. The molecule has 1 saturated heterocycles. The normalized spacial score (nSPS) is 32.0. The van der Waals surface area contributed by atoms with Crippen molar-refractivity contribution in [3.8, 4) is 0 Å². The van der Waals surface area contributed by atoms with E-state index in [0.29, 0.717) is 11.7 Å². The summed E-state index contributed by atoms with van der Waals surface area (Å²) in [6.07, 6.45) is 6.44. The minimum atomic E-state index is 0.489. The van der Waals surface area contributed by atoms with Gasteiger partial charge in [-0.1, -0.05) is 0 Å². The van der Waals surface area contributed by atoms with E-state index in [0.717, 1.165) is 38.4 Å². The van der Waals surface area contributed by atoms with Crippen molar-refractivity contribution in [1.29, 1.82) is 0 Å². The van der Waals surface area contributed by atoms with Crippen LogP contribution in [0.4, 0.5) is 0 Å².